The maximum Gasteiger partial charge on any atom is 0.211 e. The van der Waals surface area contributed by atoms with Gasteiger partial charge in [-0.05, 0) is 35.4 Å². The number of fused-ring (bicyclic) bond motifs is 1. The van der Waals surface area contributed by atoms with Crippen LogP contribution in [0.1, 0.15) is 11.7 Å². The largest absolute Gasteiger partial charge is 0.340 e. The molecule has 138 valence electrons. The number of ether oxygens (including phenoxy) is 2. The van der Waals surface area contributed by atoms with Gasteiger partial charge >= 0.3 is 0 Å². The lowest BCUT2D eigenvalue weighted by atomic mass is 10.0. The van der Waals surface area contributed by atoms with Crippen LogP contribution in [-0.4, -0.2) is 23.2 Å². The Morgan fingerprint density at radius 3 is 2.71 bits per heavy atom. The van der Waals surface area contributed by atoms with E-state index in [0.717, 1.165) is 27.6 Å². The zero-order valence-corrected chi connectivity index (χ0v) is 15.6. The summed E-state index contributed by atoms with van der Waals surface area (Å²) >= 11 is 5.95. The molecule has 1 aliphatic carbocycles. The zero-order chi connectivity index (χ0) is 19.1. The van der Waals surface area contributed by atoms with Crippen molar-refractivity contribution in [1.29, 1.82) is 0 Å². The molecule has 5 rings (SSSR count). The molecule has 2 atom stereocenters. The lowest BCUT2D eigenvalue weighted by molar-refractivity contribution is -0.114. The Balaban J connectivity index is 1.38. The molecule has 0 N–H and O–H groups in total. The van der Waals surface area contributed by atoms with Crippen LogP contribution in [0.5, 0.6) is 0 Å². The number of rotatable bonds is 2. The molecule has 1 fully saturated rings. The Bertz CT molecular complexity index is 1140. The number of pyridine rings is 1. The Hall–Kier alpha value is -2.79. The fourth-order valence-electron chi connectivity index (χ4n) is 3.51. The van der Waals surface area contributed by atoms with Crippen LogP contribution in [0, 0.1) is 0 Å². The molecule has 0 saturated carbocycles. The monoisotopic (exact) mass is 389 g/mol. The fraction of sp³-hybridized carbons (Fsp3) is 0.130. The van der Waals surface area contributed by atoms with Gasteiger partial charge in [-0.2, -0.15) is 0 Å². The third kappa shape index (κ3) is 3.06. The first-order valence-electron chi connectivity index (χ1n) is 9.01. The molecule has 1 saturated heterocycles. The molecule has 1 spiro atoms. The van der Waals surface area contributed by atoms with Crippen molar-refractivity contribution in [1.82, 2.24) is 4.98 Å². The minimum Gasteiger partial charge on any atom is -0.340 e. The standard InChI is InChI=1S/C23H16ClNO3/c24-19-12-23(10-9-21(19)26)27-14-22(28-23)16-7-5-15(6-8-16)18-11-17-3-1-2-4-20(17)25-13-18/h1-13,22H,14H2/t22-,23+/m0/s1. The van der Waals surface area contributed by atoms with Crippen LogP contribution < -0.4 is 0 Å². The lowest BCUT2D eigenvalue weighted by Gasteiger charge is -2.23. The predicted octanol–water partition coefficient (Wildman–Crippen LogP) is 4.95. The van der Waals surface area contributed by atoms with E-state index in [1.165, 1.54) is 12.2 Å². The second kappa shape index (κ2) is 6.67. The maximum atomic E-state index is 11.5. The third-order valence-corrected chi connectivity index (χ3v) is 5.32. The summed E-state index contributed by atoms with van der Waals surface area (Å²) in [4.78, 5) is 16.1. The van der Waals surface area contributed by atoms with E-state index in [2.05, 4.69) is 29.2 Å². The van der Waals surface area contributed by atoms with Gasteiger partial charge in [-0.25, -0.2) is 0 Å². The molecule has 28 heavy (non-hydrogen) atoms. The minimum atomic E-state index is -1.06. The molecule has 0 unspecified atom stereocenters. The van der Waals surface area contributed by atoms with Crippen molar-refractivity contribution < 1.29 is 14.3 Å². The van der Waals surface area contributed by atoms with Crippen LogP contribution in [-0.2, 0) is 14.3 Å². The molecule has 1 aromatic heterocycles. The molecule has 0 radical (unpaired) electrons. The van der Waals surface area contributed by atoms with Gasteiger partial charge in [0.15, 0.2) is 5.78 Å². The van der Waals surface area contributed by atoms with Crippen molar-refractivity contribution in [2.75, 3.05) is 6.61 Å². The smallest absolute Gasteiger partial charge is 0.211 e. The summed E-state index contributed by atoms with van der Waals surface area (Å²) < 4.78 is 11.9. The van der Waals surface area contributed by atoms with Crippen LogP contribution in [0.25, 0.3) is 22.0 Å². The van der Waals surface area contributed by atoms with E-state index in [4.69, 9.17) is 21.1 Å². The number of carbonyl (C=O) groups is 1. The van der Waals surface area contributed by atoms with Crippen molar-refractivity contribution in [2.24, 2.45) is 0 Å². The average Bonchev–Trinajstić information content (AvgIpc) is 3.14. The zero-order valence-electron chi connectivity index (χ0n) is 14.8. The van der Waals surface area contributed by atoms with E-state index >= 15 is 0 Å². The number of nitrogens with zero attached hydrogens (tertiary/aromatic N) is 1. The maximum absolute atomic E-state index is 11.5. The fourth-order valence-corrected chi connectivity index (χ4v) is 3.73. The summed E-state index contributed by atoms with van der Waals surface area (Å²) in [7, 11) is 0. The summed E-state index contributed by atoms with van der Waals surface area (Å²) in [5.41, 5.74) is 4.13. The molecule has 3 aromatic rings. The number of halogens is 1. The second-order valence-electron chi connectivity index (χ2n) is 6.87. The Morgan fingerprint density at radius 1 is 1.07 bits per heavy atom. The van der Waals surface area contributed by atoms with Gasteiger partial charge in [0.2, 0.25) is 5.79 Å². The number of para-hydroxylation sites is 1. The highest BCUT2D eigenvalue weighted by Crippen LogP contribution is 2.38. The van der Waals surface area contributed by atoms with Crippen molar-refractivity contribution in [3.05, 3.63) is 89.6 Å². The molecule has 0 bridgehead atoms. The Labute approximate surface area is 167 Å². The number of benzene rings is 2. The number of allylic oxidation sites excluding steroid dienone is 2. The first kappa shape index (κ1) is 17.3. The van der Waals surface area contributed by atoms with E-state index in [9.17, 15) is 4.79 Å². The first-order chi connectivity index (χ1) is 13.6. The number of aromatic nitrogens is 1. The SMILES string of the molecule is O=C1C=C[C@@]2(C=C1Cl)OC[C@@H](c1ccc(-c3cnc4ccccc4c3)cc1)O2. The summed E-state index contributed by atoms with van der Waals surface area (Å²) in [5.74, 6) is -1.30. The molecule has 1 aliphatic heterocycles. The molecule has 2 aliphatic rings. The Kier molecular flexibility index (Phi) is 4.13. The molecule has 2 aromatic carbocycles. The topological polar surface area (TPSA) is 48.4 Å². The van der Waals surface area contributed by atoms with Crippen LogP contribution >= 0.6 is 11.6 Å². The van der Waals surface area contributed by atoms with Crippen LogP contribution in [0.3, 0.4) is 0 Å². The normalized spacial score (nSPS) is 24.1. The van der Waals surface area contributed by atoms with E-state index in [1.807, 2.05) is 36.5 Å². The van der Waals surface area contributed by atoms with Gasteiger partial charge in [0.1, 0.15) is 6.10 Å². The third-order valence-electron chi connectivity index (χ3n) is 5.02. The first-order valence-corrected chi connectivity index (χ1v) is 9.39. The minimum absolute atomic E-state index is 0.113. The highest BCUT2D eigenvalue weighted by Gasteiger charge is 2.41. The lowest BCUT2D eigenvalue weighted by Crippen LogP contribution is -2.28. The highest BCUT2D eigenvalue weighted by molar-refractivity contribution is 6.44. The van der Waals surface area contributed by atoms with Gasteiger partial charge in [0.25, 0.3) is 0 Å². The number of hydrogen-bond donors (Lipinski definition) is 0. The van der Waals surface area contributed by atoms with Gasteiger partial charge in [-0.15, -0.1) is 0 Å². The Morgan fingerprint density at radius 2 is 1.89 bits per heavy atom. The number of hydrogen-bond acceptors (Lipinski definition) is 4. The van der Waals surface area contributed by atoms with E-state index in [-0.39, 0.29) is 16.9 Å². The van der Waals surface area contributed by atoms with Crippen LogP contribution in [0.15, 0.2) is 84.1 Å². The summed E-state index contributed by atoms with van der Waals surface area (Å²) in [5, 5.41) is 1.23. The van der Waals surface area contributed by atoms with Crippen LogP contribution in [0.2, 0.25) is 0 Å². The van der Waals surface area contributed by atoms with Crippen molar-refractivity contribution in [2.45, 2.75) is 11.9 Å². The molecule has 5 heteroatoms. The average molecular weight is 390 g/mol. The van der Waals surface area contributed by atoms with Gasteiger partial charge in [-0.3, -0.25) is 9.78 Å². The molecular formula is C23H16ClNO3. The van der Waals surface area contributed by atoms with E-state index < -0.39 is 5.79 Å². The van der Waals surface area contributed by atoms with Gasteiger partial charge < -0.3 is 9.47 Å². The summed E-state index contributed by atoms with van der Waals surface area (Å²) in [6, 6.07) is 18.4. The highest BCUT2D eigenvalue weighted by atomic mass is 35.5. The number of ketones is 1. The van der Waals surface area contributed by atoms with Gasteiger partial charge in [0, 0.05) is 23.2 Å². The van der Waals surface area contributed by atoms with Gasteiger partial charge in [0.05, 0.1) is 17.2 Å². The molecule has 0 amide bonds. The summed E-state index contributed by atoms with van der Waals surface area (Å²) in [6.07, 6.45) is 6.17. The van der Waals surface area contributed by atoms with Crippen molar-refractivity contribution in [3.8, 4) is 11.1 Å². The predicted molar refractivity (Wildman–Crippen MR) is 108 cm³/mol. The van der Waals surface area contributed by atoms with Crippen molar-refractivity contribution in [3.63, 3.8) is 0 Å². The second-order valence-corrected chi connectivity index (χ2v) is 7.27. The number of carbonyl (C=O) groups excluding carboxylic acids is 1. The van der Waals surface area contributed by atoms with Gasteiger partial charge in [-0.1, -0.05) is 54.1 Å². The molecule has 2 heterocycles. The molecular weight excluding hydrogens is 374 g/mol. The molecule has 4 nitrogen and oxygen atoms in total. The van der Waals surface area contributed by atoms with Crippen LogP contribution in [0.4, 0.5) is 0 Å². The van der Waals surface area contributed by atoms with E-state index in [1.54, 1.807) is 6.08 Å². The van der Waals surface area contributed by atoms with E-state index in [0.29, 0.717) is 6.61 Å². The quantitative estimate of drug-likeness (QED) is 0.622. The summed E-state index contributed by atoms with van der Waals surface area (Å²) in [6.45, 7) is 0.385. The van der Waals surface area contributed by atoms with Crippen molar-refractivity contribution >= 4 is 28.3 Å².